The number of aryl methyl sites for hydroxylation is 1. The topological polar surface area (TPSA) is 96.0 Å². The predicted octanol–water partition coefficient (Wildman–Crippen LogP) is 1.28. The van der Waals surface area contributed by atoms with Crippen LogP contribution in [0.2, 0.25) is 0 Å². The van der Waals surface area contributed by atoms with Crippen LogP contribution in [0.25, 0.3) is 0 Å². The Morgan fingerprint density at radius 2 is 2.10 bits per heavy atom. The molecule has 0 aliphatic heterocycles. The average Bonchev–Trinajstić information content (AvgIpc) is 3.23. The number of rotatable bonds is 6. The van der Waals surface area contributed by atoms with Gasteiger partial charge >= 0.3 is 0 Å². The maximum absolute atomic E-state index is 12.7. The van der Waals surface area contributed by atoms with Crippen molar-refractivity contribution < 1.29 is 13.6 Å². The van der Waals surface area contributed by atoms with Crippen molar-refractivity contribution in [3.63, 3.8) is 0 Å². The van der Waals surface area contributed by atoms with E-state index in [9.17, 15) is 8.42 Å². The Balaban J connectivity index is 2.26. The van der Waals surface area contributed by atoms with Crippen molar-refractivity contribution in [3.8, 4) is 0 Å². The highest BCUT2D eigenvalue weighted by Crippen LogP contribution is 2.32. The summed E-state index contributed by atoms with van der Waals surface area (Å²) in [6, 6.07) is 6.96. The number of nitrogens with two attached hydrogens (primary N) is 1. The summed E-state index contributed by atoms with van der Waals surface area (Å²) in [5.74, 6) is 0.0376. The van der Waals surface area contributed by atoms with Crippen LogP contribution in [0.15, 0.2) is 34.3 Å². The highest BCUT2D eigenvalue weighted by molar-refractivity contribution is 7.89. The number of hydrogen-bond donors (Lipinski definition) is 2. The molecule has 0 radical (unpaired) electrons. The van der Waals surface area contributed by atoms with Crippen molar-refractivity contribution in [1.29, 1.82) is 0 Å². The normalized spacial score (nSPS) is 16.6. The Labute approximate surface area is 118 Å². The van der Waals surface area contributed by atoms with Crippen LogP contribution in [0.1, 0.15) is 24.8 Å². The van der Waals surface area contributed by atoms with Gasteiger partial charge in [0.2, 0.25) is 10.0 Å². The molecule has 1 saturated carbocycles. The second-order valence-corrected chi connectivity index (χ2v) is 6.81. The Morgan fingerprint density at radius 1 is 1.45 bits per heavy atom. The van der Waals surface area contributed by atoms with Gasteiger partial charge in [-0.05, 0) is 31.4 Å². The van der Waals surface area contributed by atoms with Crippen LogP contribution in [0.3, 0.4) is 0 Å². The van der Waals surface area contributed by atoms with Gasteiger partial charge in [-0.15, -0.1) is 0 Å². The van der Waals surface area contributed by atoms with Gasteiger partial charge in [-0.3, -0.25) is 0 Å². The molecule has 1 aromatic carbocycles. The number of oxime groups is 1. The maximum Gasteiger partial charge on any atom is 0.243 e. The van der Waals surface area contributed by atoms with Crippen LogP contribution in [0, 0.1) is 6.92 Å². The van der Waals surface area contributed by atoms with Crippen LogP contribution in [-0.4, -0.2) is 36.4 Å². The second kappa shape index (κ2) is 5.80. The van der Waals surface area contributed by atoms with Crippen LogP contribution >= 0.6 is 0 Å². The van der Waals surface area contributed by atoms with E-state index in [1.165, 1.54) is 4.31 Å². The molecule has 1 aromatic rings. The van der Waals surface area contributed by atoms with Crippen molar-refractivity contribution in [2.24, 2.45) is 10.9 Å². The van der Waals surface area contributed by atoms with E-state index in [0.29, 0.717) is 4.90 Å². The monoisotopic (exact) mass is 297 g/mol. The van der Waals surface area contributed by atoms with E-state index in [1.807, 2.05) is 6.07 Å². The lowest BCUT2D eigenvalue weighted by Crippen LogP contribution is -2.36. The first kappa shape index (κ1) is 14.8. The second-order valence-electron chi connectivity index (χ2n) is 4.95. The average molecular weight is 297 g/mol. The Kier molecular flexibility index (Phi) is 4.29. The molecule has 0 heterocycles. The van der Waals surface area contributed by atoms with Crippen LogP contribution in [0.5, 0.6) is 0 Å². The Hall–Kier alpha value is -1.60. The molecule has 1 fully saturated rings. The van der Waals surface area contributed by atoms with Crippen molar-refractivity contribution >= 4 is 15.9 Å². The molecule has 2 rings (SSSR count). The first-order valence-corrected chi connectivity index (χ1v) is 7.94. The van der Waals surface area contributed by atoms with E-state index < -0.39 is 10.0 Å². The van der Waals surface area contributed by atoms with Gasteiger partial charge in [-0.2, -0.15) is 4.31 Å². The minimum atomic E-state index is -3.53. The SMILES string of the molecule is Cc1ccccc1S(=O)(=O)N(CCC(N)=NO)C1CC1. The lowest BCUT2D eigenvalue weighted by Gasteiger charge is -2.22. The summed E-state index contributed by atoms with van der Waals surface area (Å²) in [7, 11) is -3.53. The molecule has 0 bridgehead atoms. The zero-order valence-corrected chi connectivity index (χ0v) is 12.2. The fraction of sp³-hybridized carbons (Fsp3) is 0.462. The largest absolute Gasteiger partial charge is 0.409 e. The molecule has 7 heteroatoms. The molecule has 1 aliphatic carbocycles. The molecule has 1 aliphatic rings. The summed E-state index contributed by atoms with van der Waals surface area (Å²) in [6.45, 7) is 2.01. The van der Waals surface area contributed by atoms with E-state index in [-0.39, 0.29) is 24.8 Å². The number of nitrogens with zero attached hydrogens (tertiary/aromatic N) is 2. The van der Waals surface area contributed by atoms with Crippen LogP contribution in [-0.2, 0) is 10.0 Å². The zero-order valence-electron chi connectivity index (χ0n) is 11.4. The molecular formula is C13H19N3O3S. The summed E-state index contributed by atoms with van der Waals surface area (Å²) in [5.41, 5.74) is 6.16. The minimum Gasteiger partial charge on any atom is -0.409 e. The van der Waals surface area contributed by atoms with E-state index in [2.05, 4.69) is 5.16 Å². The fourth-order valence-corrected chi connectivity index (χ4v) is 4.02. The standard InChI is InChI=1S/C13H19N3O3S/c1-10-4-2-3-5-12(10)20(18,19)16(11-6-7-11)9-8-13(14)15-17/h2-5,11,17H,6-9H2,1H3,(H2,14,15). The van der Waals surface area contributed by atoms with E-state index >= 15 is 0 Å². The van der Waals surface area contributed by atoms with Gasteiger partial charge in [0.05, 0.1) is 4.90 Å². The van der Waals surface area contributed by atoms with Gasteiger partial charge < -0.3 is 10.9 Å². The van der Waals surface area contributed by atoms with Crippen molar-refractivity contribution in [2.75, 3.05) is 6.54 Å². The summed E-state index contributed by atoms with van der Waals surface area (Å²) < 4.78 is 26.9. The number of amidine groups is 1. The molecule has 3 N–H and O–H groups in total. The van der Waals surface area contributed by atoms with E-state index in [1.54, 1.807) is 25.1 Å². The number of sulfonamides is 1. The first-order valence-electron chi connectivity index (χ1n) is 6.50. The molecule has 0 atom stereocenters. The molecule has 6 nitrogen and oxygen atoms in total. The summed E-state index contributed by atoms with van der Waals surface area (Å²) in [4.78, 5) is 0.325. The van der Waals surface area contributed by atoms with Crippen molar-refractivity contribution in [3.05, 3.63) is 29.8 Å². The van der Waals surface area contributed by atoms with Gasteiger partial charge in [0.1, 0.15) is 5.84 Å². The van der Waals surface area contributed by atoms with Gasteiger partial charge in [0, 0.05) is 19.0 Å². The molecule has 110 valence electrons. The van der Waals surface area contributed by atoms with Crippen LogP contribution < -0.4 is 5.73 Å². The molecule has 0 aromatic heterocycles. The smallest absolute Gasteiger partial charge is 0.243 e. The summed E-state index contributed by atoms with van der Waals surface area (Å²) >= 11 is 0. The third-order valence-electron chi connectivity index (χ3n) is 3.35. The van der Waals surface area contributed by atoms with E-state index in [0.717, 1.165) is 18.4 Å². The molecule has 20 heavy (non-hydrogen) atoms. The highest BCUT2D eigenvalue weighted by Gasteiger charge is 2.38. The third-order valence-corrected chi connectivity index (χ3v) is 5.46. The lowest BCUT2D eigenvalue weighted by atomic mass is 10.2. The predicted molar refractivity (Wildman–Crippen MR) is 76.1 cm³/mol. The number of benzene rings is 1. The first-order chi connectivity index (χ1) is 9.46. The van der Waals surface area contributed by atoms with Gasteiger partial charge in [-0.1, -0.05) is 23.4 Å². The zero-order chi connectivity index (χ0) is 14.8. The van der Waals surface area contributed by atoms with Crippen molar-refractivity contribution in [1.82, 2.24) is 4.31 Å². The summed E-state index contributed by atoms with van der Waals surface area (Å²) in [6.07, 6.45) is 1.95. The molecule has 0 spiro atoms. The molecule has 0 unspecified atom stereocenters. The fourth-order valence-electron chi connectivity index (χ4n) is 2.11. The quantitative estimate of drug-likeness (QED) is 0.358. The molecule has 0 saturated heterocycles. The van der Waals surface area contributed by atoms with Crippen molar-refractivity contribution in [2.45, 2.75) is 37.1 Å². The minimum absolute atomic E-state index is 0.0334. The Morgan fingerprint density at radius 3 is 2.65 bits per heavy atom. The van der Waals surface area contributed by atoms with Crippen LogP contribution in [0.4, 0.5) is 0 Å². The molecular weight excluding hydrogens is 278 g/mol. The van der Waals surface area contributed by atoms with Gasteiger partial charge in [0.25, 0.3) is 0 Å². The Bertz CT molecular complexity index is 609. The number of hydrogen-bond acceptors (Lipinski definition) is 4. The van der Waals surface area contributed by atoms with E-state index in [4.69, 9.17) is 10.9 Å². The summed E-state index contributed by atoms with van der Waals surface area (Å²) in [5, 5.41) is 11.4. The molecule has 0 amide bonds. The maximum atomic E-state index is 12.7. The lowest BCUT2D eigenvalue weighted by molar-refractivity contribution is 0.315. The third kappa shape index (κ3) is 3.10. The van der Waals surface area contributed by atoms with Gasteiger partial charge in [-0.25, -0.2) is 8.42 Å². The van der Waals surface area contributed by atoms with Gasteiger partial charge in [0.15, 0.2) is 0 Å². The highest BCUT2D eigenvalue weighted by atomic mass is 32.2.